The highest BCUT2D eigenvalue weighted by Gasteiger charge is 2.30. The van der Waals surface area contributed by atoms with Gasteiger partial charge in [-0.2, -0.15) is 5.10 Å². The van der Waals surface area contributed by atoms with E-state index in [9.17, 15) is 0 Å². The van der Waals surface area contributed by atoms with Crippen molar-refractivity contribution in [3.05, 3.63) is 39.5 Å². The van der Waals surface area contributed by atoms with Crippen LogP contribution < -0.4 is 5.32 Å². The highest BCUT2D eigenvalue weighted by atomic mass is 35.5. The Labute approximate surface area is 133 Å². The molecular weight excluding hydrogens is 309 g/mol. The minimum absolute atomic E-state index is 0.109. The van der Waals surface area contributed by atoms with Crippen molar-refractivity contribution in [3.8, 4) is 5.69 Å². The Balaban J connectivity index is 1.86. The molecule has 0 spiro atoms. The SMILES string of the molecule is Clc1cccc(-n2nc(C3CCCO3)c3c2NCC3)c1Cl. The third-order valence-corrected chi connectivity index (χ3v) is 4.89. The largest absolute Gasteiger partial charge is 0.372 e. The molecular formula is C15H15Cl2N3O. The van der Waals surface area contributed by atoms with E-state index < -0.39 is 0 Å². The molecule has 0 aliphatic carbocycles. The lowest BCUT2D eigenvalue weighted by molar-refractivity contribution is 0.107. The molecule has 0 bridgehead atoms. The average molecular weight is 324 g/mol. The molecule has 1 aromatic heterocycles. The van der Waals surface area contributed by atoms with Crippen molar-refractivity contribution in [3.63, 3.8) is 0 Å². The van der Waals surface area contributed by atoms with Crippen molar-refractivity contribution in [2.45, 2.75) is 25.4 Å². The summed E-state index contributed by atoms with van der Waals surface area (Å²) in [5.41, 5.74) is 3.10. The van der Waals surface area contributed by atoms with Crippen LogP contribution in [0.3, 0.4) is 0 Å². The van der Waals surface area contributed by atoms with E-state index in [1.807, 2.05) is 16.8 Å². The summed E-state index contributed by atoms with van der Waals surface area (Å²) < 4.78 is 7.67. The number of halogens is 2. The zero-order chi connectivity index (χ0) is 14.4. The van der Waals surface area contributed by atoms with Gasteiger partial charge in [-0.25, -0.2) is 4.68 Å². The molecule has 6 heteroatoms. The van der Waals surface area contributed by atoms with Crippen LogP contribution in [0.25, 0.3) is 5.69 Å². The van der Waals surface area contributed by atoms with Crippen LogP contribution in [0.15, 0.2) is 18.2 Å². The van der Waals surface area contributed by atoms with Crippen molar-refractivity contribution >= 4 is 29.0 Å². The van der Waals surface area contributed by atoms with Gasteiger partial charge < -0.3 is 10.1 Å². The number of benzene rings is 1. The Morgan fingerprint density at radius 2 is 2.24 bits per heavy atom. The molecule has 1 N–H and O–H groups in total. The van der Waals surface area contributed by atoms with Crippen molar-refractivity contribution in [2.24, 2.45) is 0 Å². The van der Waals surface area contributed by atoms with Gasteiger partial charge in [-0.05, 0) is 31.4 Å². The number of nitrogens with zero attached hydrogens (tertiary/aromatic N) is 2. The fraction of sp³-hybridized carbons (Fsp3) is 0.400. The summed E-state index contributed by atoms with van der Waals surface area (Å²) >= 11 is 12.5. The van der Waals surface area contributed by atoms with Gasteiger partial charge in [0.05, 0.1) is 21.4 Å². The monoisotopic (exact) mass is 323 g/mol. The molecule has 2 aliphatic heterocycles. The molecule has 0 saturated carbocycles. The maximum absolute atomic E-state index is 6.35. The molecule has 4 rings (SSSR count). The summed E-state index contributed by atoms with van der Waals surface area (Å²) in [7, 11) is 0. The lowest BCUT2D eigenvalue weighted by Gasteiger charge is -2.10. The zero-order valence-corrected chi connectivity index (χ0v) is 12.9. The number of ether oxygens (including phenoxy) is 1. The van der Waals surface area contributed by atoms with Gasteiger partial charge in [-0.3, -0.25) is 0 Å². The molecule has 0 radical (unpaired) electrons. The molecule has 1 fully saturated rings. The summed E-state index contributed by atoms with van der Waals surface area (Å²) in [4.78, 5) is 0. The molecule has 0 amide bonds. The summed E-state index contributed by atoms with van der Waals surface area (Å²) in [6.07, 6.45) is 3.21. The third-order valence-electron chi connectivity index (χ3n) is 4.08. The first kappa shape index (κ1) is 13.4. The Hall–Kier alpha value is -1.23. The van der Waals surface area contributed by atoms with E-state index in [1.54, 1.807) is 6.07 Å². The van der Waals surface area contributed by atoms with Gasteiger partial charge in [0.15, 0.2) is 0 Å². The molecule has 1 aromatic carbocycles. The van der Waals surface area contributed by atoms with E-state index in [1.165, 1.54) is 5.56 Å². The van der Waals surface area contributed by atoms with Crippen LogP contribution in [-0.2, 0) is 11.2 Å². The smallest absolute Gasteiger partial charge is 0.133 e. The highest BCUT2D eigenvalue weighted by molar-refractivity contribution is 6.43. The van der Waals surface area contributed by atoms with Crippen LogP contribution in [0.5, 0.6) is 0 Å². The zero-order valence-electron chi connectivity index (χ0n) is 11.4. The van der Waals surface area contributed by atoms with E-state index >= 15 is 0 Å². The maximum atomic E-state index is 6.35. The number of hydrogen-bond acceptors (Lipinski definition) is 3. The van der Waals surface area contributed by atoms with Gasteiger partial charge in [-0.15, -0.1) is 0 Å². The van der Waals surface area contributed by atoms with Gasteiger partial charge in [-0.1, -0.05) is 29.3 Å². The van der Waals surface area contributed by atoms with E-state index in [-0.39, 0.29) is 6.10 Å². The fourth-order valence-electron chi connectivity index (χ4n) is 3.08. The van der Waals surface area contributed by atoms with Gasteiger partial charge in [0.25, 0.3) is 0 Å². The lowest BCUT2D eigenvalue weighted by atomic mass is 10.1. The highest BCUT2D eigenvalue weighted by Crippen LogP contribution is 2.39. The van der Waals surface area contributed by atoms with Gasteiger partial charge in [0.2, 0.25) is 0 Å². The maximum Gasteiger partial charge on any atom is 0.133 e. The molecule has 2 aromatic rings. The topological polar surface area (TPSA) is 39.1 Å². The second kappa shape index (κ2) is 5.20. The fourth-order valence-corrected chi connectivity index (χ4v) is 3.46. The van der Waals surface area contributed by atoms with Crippen LogP contribution in [0, 0.1) is 0 Å². The molecule has 1 atom stereocenters. The third kappa shape index (κ3) is 2.13. The van der Waals surface area contributed by atoms with Crippen molar-refractivity contribution < 1.29 is 4.74 Å². The normalized spacial score (nSPS) is 20.6. The van der Waals surface area contributed by atoms with E-state index in [0.717, 1.165) is 49.6 Å². The molecule has 1 saturated heterocycles. The van der Waals surface area contributed by atoms with Gasteiger partial charge in [0, 0.05) is 18.7 Å². The number of aromatic nitrogens is 2. The molecule has 1 unspecified atom stereocenters. The van der Waals surface area contributed by atoms with E-state index in [0.29, 0.717) is 10.0 Å². The van der Waals surface area contributed by atoms with Crippen molar-refractivity contribution in [1.82, 2.24) is 9.78 Å². The number of rotatable bonds is 2. The predicted octanol–water partition coefficient (Wildman–Crippen LogP) is 4.00. The summed E-state index contributed by atoms with van der Waals surface area (Å²) in [6, 6.07) is 5.60. The summed E-state index contributed by atoms with van der Waals surface area (Å²) in [5.74, 6) is 1.02. The Kier molecular flexibility index (Phi) is 3.32. The van der Waals surface area contributed by atoms with Crippen LogP contribution in [0.1, 0.15) is 30.2 Å². The van der Waals surface area contributed by atoms with Crippen LogP contribution >= 0.6 is 23.2 Å². The van der Waals surface area contributed by atoms with Crippen LogP contribution in [-0.4, -0.2) is 22.9 Å². The summed E-state index contributed by atoms with van der Waals surface area (Å²) in [6.45, 7) is 1.74. The first-order chi connectivity index (χ1) is 10.3. The first-order valence-corrected chi connectivity index (χ1v) is 7.93. The standard InChI is InChI=1S/C15H15Cl2N3O/c16-10-3-1-4-11(13(10)17)20-15-9(6-7-18-15)14(19-20)12-5-2-8-21-12/h1,3-4,12,18H,2,5-8H2. The molecule has 110 valence electrons. The Morgan fingerprint density at radius 3 is 3.05 bits per heavy atom. The lowest BCUT2D eigenvalue weighted by Crippen LogP contribution is -2.07. The molecule has 4 nitrogen and oxygen atoms in total. The van der Waals surface area contributed by atoms with E-state index in [4.69, 9.17) is 33.0 Å². The van der Waals surface area contributed by atoms with Crippen molar-refractivity contribution in [1.29, 1.82) is 0 Å². The Morgan fingerprint density at radius 1 is 1.33 bits per heavy atom. The van der Waals surface area contributed by atoms with Crippen LogP contribution in [0.2, 0.25) is 10.0 Å². The minimum atomic E-state index is 0.109. The molecule has 21 heavy (non-hydrogen) atoms. The second-order valence-corrected chi connectivity index (χ2v) is 6.16. The predicted molar refractivity (Wildman–Crippen MR) is 83.7 cm³/mol. The number of nitrogens with one attached hydrogen (secondary N) is 1. The van der Waals surface area contributed by atoms with Gasteiger partial charge in [0.1, 0.15) is 11.9 Å². The first-order valence-electron chi connectivity index (χ1n) is 7.17. The Bertz CT molecular complexity index is 692. The molecule has 3 heterocycles. The molecule has 2 aliphatic rings. The van der Waals surface area contributed by atoms with Crippen molar-refractivity contribution in [2.75, 3.05) is 18.5 Å². The number of anilines is 1. The number of fused-ring (bicyclic) bond motifs is 1. The van der Waals surface area contributed by atoms with Crippen LogP contribution in [0.4, 0.5) is 5.82 Å². The average Bonchev–Trinajstić information content (AvgIpc) is 3.17. The summed E-state index contributed by atoms with van der Waals surface area (Å²) in [5, 5.41) is 9.24. The van der Waals surface area contributed by atoms with Gasteiger partial charge >= 0.3 is 0 Å². The van der Waals surface area contributed by atoms with E-state index in [2.05, 4.69) is 5.32 Å². The second-order valence-electron chi connectivity index (χ2n) is 5.38. The number of hydrogen-bond donors (Lipinski definition) is 1. The minimum Gasteiger partial charge on any atom is -0.372 e. The quantitative estimate of drug-likeness (QED) is 0.907.